The first-order chi connectivity index (χ1) is 6.22. The van der Waals surface area contributed by atoms with Crippen LogP contribution in [0.4, 0.5) is 0 Å². The predicted molar refractivity (Wildman–Crippen MR) is 61.7 cm³/mol. The molecule has 0 radical (unpaired) electrons. The SMILES string of the molecule is Cc1ccc2sc(CBr)nc2c1C. The molecule has 0 aliphatic carbocycles. The second-order valence-corrected chi connectivity index (χ2v) is 4.77. The number of nitrogens with zero attached hydrogens (tertiary/aromatic N) is 1. The van der Waals surface area contributed by atoms with Crippen molar-refractivity contribution in [3.05, 3.63) is 28.3 Å². The van der Waals surface area contributed by atoms with E-state index in [-0.39, 0.29) is 0 Å². The van der Waals surface area contributed by atoms with Crippen molar-refractivity contribution >= 4 is 37.5 Å². The number of thiazole rings is 1. The van der Waals surface area contributed by atoms with Crippen LogP contribution >= 0.6 is 27.3 Å². The third-order valence-electron chi connectivity index (χ3n) is 2.24. The number of rotatable bonds is 1. The maximum absolute atomic E-state index is 4.56. The number of halogens is 1. The standard InChI is InChI=1S/C10H10BrNS/c1-6-3-4-8-10(7(6)2)12-9(5-11)13-8/h3-4H,5H2,1-2H3. The zero-order valence-corrected chi connectivity index (χ0v) is 10.00. The lowest BCUT2D eigenvalue weighted by Gasteiger charge is -1.98. The number of hydrogen-bond donors (Lipinski definition) is 0. The Hall–Kier alpha value is -0.410. The minimum Gasteiger partial charge on any atom is -0.240 e. The fraction of sp³-hybridized carbons (Fsp3) is 0.300. The van der Waals surface area contributed by atoms with Crippen molar-refractivity contribution in [2.45, 2.75) is 19.2 Å². The normalized spacial score (nSPS) is 11.0. The summed E-state index contributed by atoms with van der Waals surface area (Å²) in [6.07, 6.45) is 0. The van der Waals surface area contributed by atoms with Gasteiger partial charge >= 0.3 is 0 Å². The third kappa shape index (κ3) is 1.51. The molecule has 0 aliphatic rings. The number of aromatic nitrogens is 1. The summed E-state index contributed by atoms with van der Waals surface area (Å²) in [6.45, 7) is 4.26. The van der Waals surface area contributed by atoms with E-state index in [1.165, 1.54) is 21.3 Å². The molecule has 0 aliphatic heterocycles. The zero-order chi connectivity index (χ0) is 9.42. The number of aryl methyl sites for hydroxylation is 2. The van der Waals surface area contributed by atoms with E-state index in [0.717, 1.165) is 10.3 Å². The molecular formula is C10H10BrNS. The monoisotopic (exact) mass is 255 g/mol. The summed E-state index contributed by atoms with van der Waals surface area (Å²) in [4.78, 5) is 4.56. The van der Waals surface area contributed by atoms with E-state index >= 15 is 0 Å². The lowest BCUT2D eigenvalue weighted by molar-refractivity contribution is 1.28. The van der Waals surface area contributed by atoms with Crippen LogP contribution in [-0.2, 0) is 5.33 Å². The highest BCUT2D eigenvalue weighted by Crippen LogP contribution is 2.27. The van der Waals surface area contributed by atoms with Gasteiger partial charge in [0.1, 0.15) is 5.01 Å². The van der Waals surface area contributed by atoms with Gasteiger partial charge in [-0.15, -0.1) is 11.3 Å². The Balaban J connectivity index is 2.76. The summed E-state index contributed by atoms with van der Waals surface area (Å²) in [5.74, 6) is 0. The van der Waals surface area contributed by atoms with Gasteiger partial charge in [0.2, 0.25) is 0 Å². The number of benzene rings is 1. The summed E-state index contributed by atoms with van der Waals surface area (Å²) in [6, 6.07) is 4.31. The summed E-state index contributed by atoms with van der Waals surface area (Å²) >= 11 is 5.19. The predicted octanol–water partition coefficient (Wildman–Crippen LogP) is 3.81. The first kappa shape index (κ1) is 9.16. The molecule has 0 bridgehead atoms. The Labute approximate surface area is 89.9 Å². The molecule has 3 heteroatoms. The van der Waals surface area contributed by atoms with Crippen molar-refractivity contribution in [3.8, 4) is 0 Å². The van der Waals surface area contributed by atoms with Crippen LogP contribution in [0.15, 0.2) is 12.1 Å². The molecule has 68 valence electrons. The van der Waals surface area contributed by atoms with Crippen LogP contribution < -0.4 is 0 Å². The van der Waals surface area contributed by atoms with Gasteiger partial charge in [-0.2, -0.15) is 0 Å². The largest absolute Gasteiger partial charge is 0.240 e. The van der Waals surface area contributed by atoms with Crippen molar-refractivity contribution in [3.63, 3.8) is 0 Å². The van der Waals surface area contributed by atoms with E-state index in [0.29, 0.717) is 0 Å². The van der Waals surface area contributed by atoms with E-state index in [1.54, 1.807) is 11.3 Å². The van der Waals surface area contributed by atoms with E-state index < -0.39 is 0 Å². The molecule has 1 nitrogen and oxygen atoms in total. The van der Waals surface area contributed by atoms with Crippen LogP contribution in [0.1, 0.15) is 16.1 Å². The molecule has 0 fully saturated rings. The third-order valence-corrected chi connectivity index (χ3v) is 4.17. The maximum Gasteiger partial charge on any atom is 0.104 e. The maximum atomic E-state index is 4.56. The molecule has 0 saturated carbocycles. The average molecular weight is 256 g/mol. The highest BCUT2D eigenvalue weighted by Gasteiger charge is 2.06. The summed E-state index contributed by atoms with van der Waals surface area (Å²) in [5.41, 5.74) is 3.79. The van der Waals surface area contributed by atoms with Gasteiger partial charge in [0, 0.05) is 0 Å². The van der Waals surface area contributed by atoms with Gasteiger partial charge in [-0.25, -0.2) is 4.98 Å². The molecule has 0 saturated heterocycles. The molecule has 2 rings (SSSR count). The Kier molecular flexibility index (Phi) is 2.39. The van der Waals surface area contributed by atoms with Crippen LogP contribution in [0.2, 0.25) is 0 Å². The first-order valence-electron chi connectivity index (χ1n) is 4.14. The van der Waals surface area contributed by atoms with Gasteiger partial charge in [-0.1, -0.05) is 22.0 Å². The molecule has 1 aromatic carbocycles. The van der Waals surface area contributed by atoms with E-state index in [2.05, 4.69) is 46.9 Å². The van der Waals surface area contributed by atoms with Crippen LogP contribution in [0.25, 0.3) is 10.2 Å². The Morgan fingerprint density at radius 3 is 2.85 bits per heavy atom. The summed E-state index contributed by atoms with van der Waals surface area (Å²) in [5, 5.41) is 2.01. The number of fused-ring (bicyclic) bond motifs is 1. The number of alkyl halides is 1. The fourth-order valence-electron chi connectivity index (χ4n) is 1.33. The molecule has 1 aromatic heterocycles. The van der Waals surface area contributed by atoms with Gasteiger partial charge < -0.3 is 0 Å². The van der Waals surface area contributed by atoms with Crippen LogP contribution in [0.5, 0.6) is 0 Å². The summed E-state index contributed by atoms with van der Waals surface area (Å²) < 4.78 is 1.29. The smallest absolute Gasteiger partial charge is 0.104 e. The molecule has 0 unspecified atom stereocenters. The van der Waals surface area contributed by atoms with Gasteiger partial charge in [0.05, 0.1) is 15.5 Å². The second-order valence-electron chi connectivity index (χ2n) is 3.10. The van der Waals surface area contributed by atoms with Gasteiger partial charge in [-0.05, 0) is 31.0 Å². The minimum absolute atomic E-state index is 0.852. The fourth-order valence-corrected chi connectivity index (χ4v) is 2.67. The molecule has 0 atom stereocenters. The summed E-state index contributed by atoms with van der Waals surface area (Å²) in [7, 11) is 0. The second kappa shape index (κ2) is 3.39. The molecule has 0 N–H and O–H groups in total. The lowest BCUT2D eigenvalue weighted by atomic mass is 10.1. The van der Waals surface area contributed by atoms with E-state index in [4.69, 9.17) is 0 Å². The van der Waals surface area contributed by atoms with Crippen molar-refractivity contribution < 1.29 is 0 Å². The van der Waals surface area contributed by atoms with Gasteiger partial charge in [-0.3, -0.25) is 0 Å². The quantitative estimate of drug-likeness (QED) is 0.707. The lowest BCUT2D eigenvalue weighted by Crippen LogP contribution is -1.82. The van der Waals surface area contributed by atoms with Crippen molar-refractivity contribution in [1.29, 1.82) is 0 Å². The van der Waals surface area contributed by atoms with Gasteiger partial charge in [0.25, 0.3) is 0 Å². The molecule has 1 heterocycles. The van der Waals surface area contributed by atoms with Crippen molar-refractivity contribution in [1.82, 2.24) is 4.98 Å². The molecule has 13 heavy (non-hydrogen) atoms. The molecular weight excluding hydrogens is 246 g/mol. The van der Waals surface area contributed by atoms with E-state index in [9.17, 15) is 0 Å². The van der Waals surface area contributed by atoms with Crippen LogP contribution in [0, 0.1) is 13.8 Å². The highest BCUT2D eigenvalue weighted by molar-refractivity contribution is 9.08. The highest BCUT2D eigenvalue weighted by atomic mass is 79.9. The van der Waals surface area contributed by atoms with Crippen LogP contribution in [-0.4, -0.2) is 4.98 Å². The van der Waals surface area contributed by atoms with Crippen molar-refractivity contribution in [2.24, 2.45) is 0 Å². The van der Waals surface area contributed by atoms with E-state index in [1.807, 2.05) is 0 Å². The number of hydrogen-bond acceptors (Lipinski definition) is 2. The van der Waals surface area contributed by atoms with Gasteiger partial charge in [0.15, 0.2) is 0 Å². The van der Waals surface area contributed by atoms with Crippen LogP contribution in [0.3, 0.4) is 0 Å². The Morgan fingerprint density at radius 1 is 1.38 bits per heavy atom. The average Bonchev–Trinajstić information content (AvgIpc) is 2.55. The Bertz CT molecular complexity index is 447. The molecule has 0 spiro atoms. The first-order valence-corrected chi connectivity index (χ1v) is 6.07. The Morgan fingerprint density at radius 2 is 2.15 bits per heavy atom. The molecule has 0 amide bonds. The van der Waals surface area contributed by atoms with Crippen molar-refractivity contribution in [2.75, 3.05) is 0 Å². The minimum atomic E-state index is 0.852. The topological polar surface area (TPSA) is 12.9 Å². The molecule has 2 aromatic rings. The zero-order valence-electron chi connectivity index (χ0n) is 7.60.